The van der Waals surface area contributed by atoms with Crippen molar-refractivity contribution in [3.8, 4) is 0 Å². The topological polar surface area (TPSA) is 54.4 Å². The normalized spacial score (nSPS) is 13.2. The second kappa shape index (κ2) is 7.03. The van der Waals surface area contributed by atoms with Gasteiger partial charge in [0.15, 0.2) is 5.78 Å². The minimum absolute atomic E-state index is 0.176. The number of hydrogen-bond acceptors (Lipinski definition) is 2. The number of rotatable bonds is 4. The molecule has 0 saturated carbocycles. The van der Waals surface area contributed by atoms with Gasteiger partial charge in [-0.05, 0) is 50.1 Å². The van der Waals surface area contributed by atoms with Crippen LogP contribution in [0.15, 0.2) is 66.7 Å². The van der Waals surface area contributed by atoms with E-state index in [0.717, 1.165) is 16.7 Å². The Morgan fingerprint density at radius 1 is 0.846 bits per heavy atom. The molecule has 4 heteroatoms. The minimum atomic E-state index is -3.87. The Hall–Kier alpha value is -2.48. The van der Waals surface area contributed by atoms with Crippen molar-refractivity contribution >= 4 is 23.8 Å². The van der Waals surface area contributed by atoms with Crippen LogP contribution in [0.1, 0.15) is 32.6 Å². The van der Waals surface area contributed by atoms with Gasteiger partial charge in [-0.15, -0.1) is 0 Å². The lowest BCUT2D eigenvalue weighted by atomic mass is 9.93. The van der Waals surface area contributed by atoms with E-state index in [0.29, 0.717) is 10.9 Å². The van der Waals surface area contributed by atoms with Crippen LogP contribution in [0.4, 0.5) is 0 Å². The first-order valence-electron chi connectivity index (χ1n) is 8.43. The molecule has 1 atom stereocenters. The highest BCUT2D eigenvalue weighted by Crippen LogP contribution is 2.39. The molecule has 3 rings (SSSR count). The summed E-state index contributed by atoms with van der Waals surface area (Å²) in [7, 11) is -3.87. The highest BCUT2D eigenvalue weighted by molar-refractivity contribution is 7.73. The zero-order valence-electron chi connectivity index (χ0n) is 15.1. The summed E-state index contributed by atoms with van der Waals surface area (Å²) in [5.74, 6) is -0.221. The van der Waals surface area contributed by atoms with E-state index in [2.05, 4.69) is 0 Å². The Morgan fingerprint density at radius 2 is 1.38 bits per heavy atom. The average molecular weight is 364 g/mol. The highest BCUT2D eigenvalue weighted by atomic mass is 31.2. The van der Waals surface area contributed by atoms with Crippen molar-refractivity contribution < 1.29 is 14.3 Å². The SMILES string of the molecule is Cc1cc(C)c(C(=O)c2ccccc2P(=O)(O)c2ccccc2)c(C)c1. The summed E-state index contributed by atoms with van der Waals surface area (Å²) in [4.78, 5) is 24.1. The first-order chi connectivity index (χ1) is 12.3. The van der Waals surface area contributed by atoms with E-state index in [1.807, 2.05) is 32.9 Å². The lowest BCUT2D eigenvalue weighted by Gasteiger charge is -2.17. The molecule has 0 aliphatic carbocycles. The summed E-state index contributed by atoms with van der Waals surface area (Å²) in [5, 5.41) is 0.494. The monoisotopic (exact) mass is 364 g/mol. The molecule has 0 aromatic heterocycles. The molecule has 0 fully saturated rings. The number of hydrogen-bond donors (Lipinski definition) is 1. The van der Waals surface area contributed by atoms with Crippen LogP contribution < -0.4 is 10.6 Å². The largest absolute Gasteiger partial charge is 0.338 e. The van der Waals surface area contributed by atoms with Gasteiger partial charge in [0.1, 0.15) is 0 Å². The Labute approximate surface area is 153 Å². The Kier molecular flexibility index (Phi) is 4.95. The molecule has 0 saturated heterocycles. The van der Waals surface area contributed by atoms with Crippen LogP contribution in [0.3, 0.4) is 0 Å². The second-order valence-corrected chi connectivity index (χ2v) is 8.68. The molecule has 132 valence electrons. The lowest BCUT2D eigenvalue weighted by molar-refractivity contribution is 0.103. The molecular weight excluding hydrogens is 343 g/mol. The molecule has 3 aromatic rings. The van der Waals surface area contributed by atoms with Crippen molar-refractivity contribution in [1.82, 2.24) is 0 Å². The molecule has 0 heterocycles. The zero-order chi connectivity index (χ0) is 18.9. The van der Waals surface area contributed by atoms with Crippen LogP contribution >= 0.6 is 7.37 Å². The fourth-order valence-electron chi connectivity index (χ4n) is 3.37. The third-order valence-corrected chi connectivity index (χ3v) is 6.53. The van der Waals surface area contributed by atoms with Crippen molar-refractivity contribution in [2.24, 2.45) is 0 Å². The minimum Gasteiger partial charge on any atom is -0.338 e. The van der Waals surface area contributed by atoms with E-state index >= 15 is 0 Å². The molecule has 0 spiro atoms. The fourth-order valence-corrected chi connectivity index (χ4v) is 5.02. The third kappa shape index (κ3) is 3.29. The molecule has 0 aliphatic rings. The van der Waals surface area contributed by atoms with E-state index in [-0.39, 0.29) is 16.7 Å². The fraction of sp³-hybridized carbons (Fsp3) is 0.136. The standard InChI is InChI=1S/C22H21O3P/c1-15-13-16(2)21(17(3)14-15)22(23)19-11-7-8-12-20(19)26(24,25)18-9-5-4-6-10-18/h4-14H,1-3H3,(H,24,25). The Bertz CT molecular complexity index is 1000. The summed E-state index contributed by atoms with van der Waals surface area (Å²) in [6, 6.07) is 19.0. The van der Waals surface area contributed by atoms with Gasteiger partial charge in [0, 0.05) is 16.4 Å². The summed E-state index contributed by atoms with van der Waals surface area (Å²) < 4.78 is 13.2. The van der Waals surface area contributed by atoms with Gasteiger partial charge in [-0.1, -0.05) is 54.1 Å². The summed E-state index contributed by atoms with van der Waals surface area (Å²) in [6.07, 6.45) is 0. The average Bonchev–Trinajstić information content (AvgIpc) is 2.61. The van der Waals surface area contributed by atoms with Crippen LogP contribution in [-0.2, 0) is 4.57 Å². The van der Waals surface area contributed by atoms with Crippen LogP contribution in [0.2, 0.25) is 0 Å². The van der Waals surface area contributed by atoms with Crippen molar-refractivity contribution in [1.29, 1.82) is 0 Å². The van der Waals surface area contributed by atoms with Gasteiger partial charge >= 0.3 is 0 Å². The van der Waals surface area contributed by atoms with Gasteiger partial charge < -0.3 is 4.89 Å². The highest BCUT2D eigenvalue weighted by Gasteiger charge is 2.30. The van der Waals surface area contributed by atoms with Crippen LogP contribution in [0, 0.1) is 20.8 Å². The molecule has 0 aliphatic heterocycles. The number of carbonyl (C=O) groups excluding carboxylic acids is 1. The summed E-state index contributed by atoms with van der Waals surface area (Å²) in [5.41, 5.74) is 3.69. The Balaban J connectivity index is 2.18. The van der Waals surface area contributed by atoms with Gasteiger partial charge in [0.25, 0.3) is 7.37 Å². The zero-order valence-corrected chi connectivity index (χ0v) is 16.0. The number of carbonyl (C=O) groups is 1. The number of ketones is 1. The maximum absolute atomic E-state index is 13.3. The molecule has 0 radical (unpaired) electrons. The van der Waals surface area contributed by atoms with Gasteiger partial charge in [0.05, 0.1) is 5.30 Å². The number of benzene rings is 3. The van der Waals surface area contributed by atoms with Gasteiger partial charge in [-0.2, -0.15) is 0 Å². The van der Waals surface area contributed by atoms with E-state index in [9.17, 15) is 14.3 Å². The van der Waals surface area contributed by atoms with E-state index in [4.69, 9.17) is 0 Å². The number of aryl methyl sites for hydroxylation is 3. The van der Waals surface area contributed by atoms with Gasteiger partial charge in [-0.3, -0.25) is 9.36 Å². The predicted molar refractivity (Wildman–Crippen MR) is 106 cm³/mol. The van der Waals surface area contributed by atoms with Gasteiger partial charge in [-0.25, -0.2) is 0 Å². The molecule has 3 aromatic carbocycles. The molecular formula is C22H21O3P. The van der Waals surface area contributed by atoms with Crippen molar-refractivity contribution in [3.63, 3.8) is 0 Å². The Morgan fingerprint density at radius 3 is 2.00 bits per heavy atom. The second-order valence-electron chi connectivity index (χ2n) is 6.53. The first kappa shape index (κ1) is 18.3. The predicted octanol–water partition coefficient (Wildman–Crippen LogP) is 4.06. The van der Waals surface area contributed by atoms with E-state index < -0.39 is 7.37 Å². The molecule has 0 amide bonds. The summed E-state index contributed by atoms with van der Waals surface area (Å²) in [6.45, 7) is 5.77. The van der Waals surface area contributed by atoms with Gasteiger partial charge in [0.2, 0.25) is 0 Å². The molecule has 26 heavy (non-hydrogen) atoms. The maximum Gasteiger partial charge on any atom is 0.259 e. The van der Waals surface area contributed by atoms with Crippen LogP contribution in [-0.4, -0.2) is 10.7 Å². The molecule has 3 nitrogen and oxygen atoms in total. The van der Waals surface area contributed by atoms with Crippen molar-refractivity contribution in [2.45, 2.75) is 20.8 Å². The maximum atomic E-state index is 13.3. The summed E-state index contributed by atoms with van der Waals surface area (Å²) >= 11 is 0. The molecule has 1 unspecified atom stereocenters. The van der Waals surface area contributed by atoms with Crippen LogP contribution in [0.5, 0.6) is 0 Å². The van der Waals surface area contributed by atoms with E-state index in [1.54, 1.807) is 54.6 Å². The third-order valence-electron chi connectivity index (χ3n) is 4.49. The van der Waals surface area contributed by atoms with Crippen molar-refractivity contribution in [2.75, 3.05) is 0 Å². The van der Waals surface area contributed by atoms with E-state index in [1.165, 1.54) is 0 Å². The van der Waals surface area contributed by atoms with Crippen LogP contribution in [0.25, 0.3) is 0 Å². The lowest BCUT2D eigenvalue weighted by Crippen LogP contribution is -2.23. The molecule has 1 N–H and O–H groups in total. The quantitative estimate of drug-likeness (QED) is 0.561. The smallest absolute Gasteiger partial charge is 0.259 e. The van der Waals surface area contributed by atoms with Crippen molar-refractivity contribution in [3.05, 3.63) is 94.5 Å². The first-order valence-corrected chi connectivity index (χ1v) is 10.1. The molecule has 0 bridgehead atoms.